The Morgan fingerprint density at radius 1 is 1.40 bits per heavy atom. The van der Waals surface area contributed by atoms with Gasteiger partial charge in [0.25, 0.3) is 0 Å². The van der Waals surface area contributed by atoms with E-state index < -0.39 is 0 Å². The lowest BCUT2D eigenvalue weighted by Gasteiger charge is -2.03. The van der Waals surface area contributed by atoms with E-state index >= 15 is 0 Å². The molecule has 5 heteroatoms. The standard InChI is InChI=1S/C15H19ClN2OS/c1-5-11-15(16)12(18(6-2)17-11)8-13(19)14-7-9(3)10(4)20-14/h7H,5-6,8H2,1-4H3. The van der Waals surface area contributed by atoms with Crippen LogP contribution in [0.2, 0.25) is 5.02 Å². The number of Topliss-reactive ketones (excluding diaryl/α,β-unsaturated/α-hetero) is 1. The number of aryl methyl sites for hydroxylation is 4. The quantitative estimate of drug-likeness (QED) is 0.775. The van der Waals surface area contributed by atoms with E-state index in [-0.39, 0.29) is 5.78 Å². The van der Waals surface area contributed by atoms with E-state index in [1.54, 1.807) is 11.3 Å². The van der Waals surface area contributed by atoms with Crippen molar-refractivity contribution >= 4 is 28.7 Å². The second kappa shape index (κ2) is 6.10. The van der Waals surface area contributed by atoms with Crippen molar-refractivity contribution in [2.75, 3.05) is 0 Å². The third kappa shape index (κ3) is 2.81. The van der Waals surface area contributed by atoms with Crippen molar-refractivity contribution < 1.29 is 4.79 Å². The molecule has 0 saturated heterocycles. The van der Waals surface area contributed by atoms with Gasteiger partial charge in [-0.05, 0) is 38.8 Å². The Morgan fingerprint density at radius 3 is 2.60 bits per heavy atom. The molecule has 0 saturated carbocycles. The molecule has 0 atom stereocenters. The minimum absolute atomic E-state index is 0.116. The van der Waals surface area contributed by atoms with Crippen LogP contribution in [0.3, 0.4) is 0 Å². The van der Waals surface area contributed by atoms with Crippen molar-refractivity contribution in [2.24, 2.45) is 0 Å². The second-order valence-electron chi connectivity index (χ2n) is 4.83. The lowest BCUT2D eigenvalue weighted by molar-refractivity contribution is 0.0994. The molecule has 0 bridgehead atoms. The summed E-state index contributed by atoms with van der Waals surface area (Å²) >= 11 is 7.90. The average Bonchev–Trinajstić information content (AvgIpc) is 2.92. The Balaban J connectivity index is 2.29. The Labute approximate surface area is 128 Å². The highest BCUT2D eigenvalue weighted by Crippen LogP contribution is 2.26. The maximum absolute atomic E-state index is 12.4. The predicted molar refractivity (Wildman–Crippen MR) is 84.1 cm³/mol. The molecule has 0 aliphatic rings. The lowest BCUT2D eigenvalue weighted by atomic mass is 10.1. The van der Waals surface area contributed by atoms with E-state index in [0.29, 0.717) is 11.4 Å². The van der Waals surface area contributed by atoms with Crippen molar-refractivity contribution in [2.45, 2.75) is 47.1 Å². The molecule has 0 radical (unpaired) electrons. The largest absolute Gasteiger partial charge is 0.293 e. The molecule has 3 nitrogen and oxygen atoms in total. The third-order valence-electron chi connectivity index (χ3n) is 3.46. The van der Waals surface area contributed by atoms with E-state index in [1.807, 2.05) is 38.4 Å². The van der Waals surface area contributed by atoms with Gasteiger partial charge in [-0.25, -0.2) is 0 Å². The molecule has 0 amide bonds. The fraction of sp³-hybridized carbons (Fsp3) is 0.467. The molecule has 2 aromatic heterocycles. The molecule has 0 aromatic carbocycles. The van der Waals surface area contributed by atoms with Gasteiger partial charge < -0.3 is 0 Å². The number of nitrogens with zero attached hydrogens (tertiary/aromatic N) is 2. The minimum Gasteiger partial charge on any atom is -0.293 e. The Kier molecular flexibility index (Phi) is 4.66. The lowest BCUT2D eigenvalue weighted by Crippen LogP contribution is -2.09. The minimum atomic E-state index is 0.116. The van der Waals surface area contributed by atoms with Crippen molar-refractivity contribution in [3.05, 3.63) is 37.8 Å². The molecular formula is C15H19ClN2OS. The highest BCUT2D eigenvalue weighted by Gasteiger charge is 2.19. The summed E-state index contributed by atoms with van der Waals surface area (Å²) in [7, 11) is 0. The Bertz CT molecular complexity index is 623. The number of aromatic nitrogens is 2. The van der Waals surface area contributed by atoms with Crippen molar-refractivity contribution in [3.8, 4) is 0 Å². The number of hydrogen-bond acceptors (Lipinski definition) is 3. The first kappa shape index (κ1) is 15.3. The molecule has 20 heavy (non-hydrogen) atoms. The summed E-state index contributed by atoms with van der Waals surface area (Å²) in [6, 6.07) is 1.96. The summed E-state index contributed by atoms with van der Waals surface area (Å²) in [5, 5.41) is 5.10. The smallest absolute Gasteiger partial charge is 0.178 e. The van der Waals surface area contributed by atoms with Crippen LogP contribution < -0.4 is 0 Å². The molecule has 0 fully saturated rings. The number of carbonyl (C=O) groups excluding carboxylic acids is 1. The molecule has 0 aliphatic heterocycles. The number of carbonyl (C=O) groups is 1. The maximum Gasteiger partial charge on any atom is 0.178 e. The van der Waals surface area contributed by atoms with E-state index in [0.717, 1.165) is 29.2 Å². The SMILES string of the molecule is CCc1nn(CC)c(CC(=O)c2cc(C)c(C)s2)c1Cl. The van der Waals surface area contributed by atoms with Gasteiger partial charge in [0, 0.05) is 11.4 Å². The van der Waals surface area contributed by atoms with Crippen LogP contribution in [0, 0.1) is 13.8 Å². The summed E-state index contributed by atoms with van der Waals surface area (Å²) in [6.07, 6.45) is 1.10. The molecule has 108 valence electrons. The molecule has 0 N–H and O–H groups in total. The van der Waals surface area contributed by atoms with Gasteiger partial charge in [-0.2, -0.15) is 5.10 Å². The molecule has 0 spiro atoms. The van der Waals surface area contributed by atoms with Gasteiger partial charge in [0.1, 0.15) is 0 Å². The van der Waals surface area contributed by atoms with Gasteiger partial charge in [-0.15, -0.1) is 11.3 Å². The molecule has 2 rings (SSSR count). The summed E-state index contributed by atoms with van der Waals surface area (Å²) in [5.74, 6) is 0.116. The van der Waals surface area contributed by atoms with Crippen molar-refractivity contribution in [3.63, 3.8) is 0 Å². The molecule has 2 aromatic rings. The zero-order valence-electron chi connectivity index (χ0n) is 12.3. The van der Waals surface area contributed by atoms with Crippen molar-refractivity contribution in [1.29, 1.82) is 0 Å². The van der Waals surface area contributed by atoms with Crippen LogP contribution in [-0.2, 0) is 19.4 Å². The average molecular weight is 311 g/mol. The van der Waals surface area contributed by atoms with Crippen LogP contribution >= 0.6 is 22.9 Å². The van der Waals surface area contributed by atoms with Crippen molar-refractivity contribution in [1.82, 2.24) is 9.78 Å². The third-order valence-corrected chi connectivity index (χ3v) is 5.09. The van der Waals surface area contributed by atoms with Crippen LogP contribution in [0.1, 0.15) is 45.3 Å². The molecule has 0 unspecified atom stereocenters. The fourth-order valence-corrected chi connectivity index (χ4v) is 3.44. The highest BCUT2D eigenvalue weighted by molar-refractivity contribution is 7.14. The summed E-state index contributed by atoms with van der Waals surface area (Å²) in [5.41, 5.74) is 2.87. The van der Waals surface area contributed by atoms with Crippen LogP contribution in [-0.4, -0.2) is 15.6 Å². The Morgan fingerprint density at radius 2 is 2.10 bits per heavy atom. The van der Waals surface area contributed by atoms with Gasteiger partial charge >= 0.3 is 0 Å². The van der Waals surface area contributed by atoms with E-state index in [4.69, 9.17) is 11.6 Å². The number of rotatable bonds is 5. The maximum atomic E-state index is 12.4. The first-order valence-electron chi connectivity index (χ1n) is 6.82. The fourth-order valence-electron chi connectivity index (χ4n) is 2.14. The number of halogens is 1. The summed E-state index contributed by atoms with van der Waals surface area (Å²) in [4.78, 5) is 14.4. The van der Waals surface area contributed by atoms with E-state index in [1.165, 1.54) is 10.4 Å². The zero-order valence-corrected chi connectivity index (χ0v) is 13.9. The number of hydrogen-bond donors (Lipinski definition) is 0. The summed E-state index contributed by atoms with van der Waals surface area (Å²) < 4.78 is 1.84. The van der Waals surface area contributed by atoms with Crippen LogP contribution in [0.15, 0.2) is 6.07 Å². The zero-order chi connectivity index (χ0) is 14.9. The highest BCUT2D eigenvalue weighted by atomic mass is 35.5. The van der Waals surface area contributed by atoms with E-state index in [9.17, 15) is 4.79 Å². The monoisotopic (exact) mass is 310 g/mol. The molecular weight excluding hydrogens is 292 g/mol. The van der Waals surface area contributed by atoms with Gasteiger partial charge in [0.2, 0.25) is 0 Å². The number of ketones is 1. The molecule has 2 heterocycles. The van der Waals surface area contributed by atoms with Crippen LogP contribution in [0.25, 0.3) is 0 Å². The first-order chi connectivity index (χ1) is 9.47. The van der Waals surface area contributed by atoms with Crippen LogP contribution in [0.4, 0.5) is 0 Å². The predicted octanol–water partition coefficient (Wildman–Crippen LogP) is 4.22. The summed E-state index contributed by atoms with van der Waals surface area (Å²) in [6.45, 7) is 8.82. The van der Waals surface area contributed by atoms with Gasteiger partial charge in [-0.1, -0.05) is 18.5 Å². The molecule has 0 aliphatic carbocycles. The van der Waals surface area contributed by atoms with Gasteiger partial charge in [0.15, 0.2) is 5.78 Å². The van der Waals surface area contributed by atoms with Gasteiger partial charge in [0.05, 0.1) is 27.7 Å². The second-order valence-corrected chi connectivity index (χ2v) is 6.46. The Hall–Kier alpha value is -1.13. The van der Waals surface area contributed by atoms with Gasteiger partial charge in [-0.3, -0.25) is 9.48 Å². The normalized spacial score (nSPS) is 11.1. The first-order valence-corrected chi connectivity index (χ1v) is 8.01. The van der Waals surface area contributed by atoms with E-state index in [2.05, 4.69) is 5.10 Å². The van der Waals surface area contributed by atoms with Crippen LogP contribution in [0.5, 0.6) is 0 Å². The number of thiophene rings is 1. The topological polar surface area (TPSA) is 34.9 Å².